The van der Waals surface area contributed by atoms with Crippen molar-refractivity contribution in [1.82, 2.24) is 15.3 Å². The summed E-state index contributed by atoms with van der Waals surface area (Å²) in [5.41, 5.74) is 2.44. The number of para-hydroxylation sites is 1. The molecule has 0 aliphatic heterocycles. The summed E-state index contributed by atoms with van der Waals surface area (Å²) >= 11 is 2.43. The molecule has 3 aromatic rings. The van der Waals surface area contributed by atoms with Gasteiger partial charge in [-0.3, -0.25) is 0 Å². The first kappa shape index (κ1) is 22.3. The lowest BCUT2D eigenvalue weighted by Crippen LogP contribution is -2.32. The van der Waals surface area contributed by atoms with Crippen LogP contribution in [-0.4, -0.2) is 43.2 Å². The fourth-order valence-corrected chi connectivity index (χ4v) is 5.05. The SMILES string of the molecule is CN(C)c1nc(N[C@H]2CC[C@@H](CNCCc3ccccc3I)CC2)nc2ccccc12. The molecule has 4 rings (SSSR count). The summed E-state index contributed by atoms with van der Waals surface area (Å²) in [5.74, 6) is 2.49. The highest BCUT2D eigenvalue weighted by Gasteiger charge is 2.22. The summed E-state index contributed by atoms with van der Waals surface area (Å²) in [7, 11) is 4.07. The van der Waals surface area contributed by atoms with Crippen LogP contribution in [0.4, 0.5) is 11.8 Å². The molecule has 5 nitrogen and oxygen atoms in total. The first-order valence-corrected chi connectivity index (χ1v) is 12.3. The first-order chi connectivity index (χ1) is 15.1. The van der Waals surface area contributed by atoms with E-state index in [2.05, 4.69) is 74.5 Å². The highest BCUT2D eigenvalue weighted by molar-refractivity contribution is 14.1. The molecule has 0 saturated heterocycles. The fraction of sp³-hybridized carbons (Fsp3) is 0.440. The molecule has 31 heavy (non-hydrogen) atoms. The predicted molar refractivity (Wildman–Crippen MR) is 139 cm³/mol. The van der Waals surface area contributed by atoms with Gasteiger partial charge in [-0.05, 0) is 97.5 Å². The van der Waals surface area contributed by atoms with Gasteiger partial charge in [0, 0.05) is 29.1 Å². The first-order valence-electron chi connectivity index (χ1n) is 11.2. The predicted octanol–water partition coefficient (Wildman–Crippen LogP) is 5.10. The lowest BCUT2D eigenvalue weighted by Gasteiger charge is -2.29. The van der Waals surface area contributed by atoms with Gasteiger partial charge in [-0.2, -0.15) is 4.98 Å². The second-order valence-electron chi connectivity index (χ2n) is 8.69. The van der Waals surface area contributed by atoms with Crippen LogP contribution >= 0.6 is 22.6 Å². The van der Waals surface area contributed by atoms with Crippen LogP contribution in [0.25, 0.3) is 10.9 Å². The van der Waals surface area contributed by atoms with Gasteiger partial charge in [-0.25, -0.2) is 4.98 Å². The summed E-state index contributed by atoms with van der Waals surface area (Å²) in [6.45, 7) is 2.17. The Labute approximate surface area is 199 Å². The monoisotopic (exact) mass is 529 g/mol. The van der Waals surface area contributed by atoms with Gasteiger partial charge >= 0.3 is 0 Å². The van der Waals surface area contributed by atoms with Crippen LogP contribution in [0.1, 0.15) is 31.2 Å². The molecular formula is C25H32IN5. The molecule has 0 amide bonds. The van der Waals surface area contributed by atoms with Crippen molar-refractivity contribution in [2.75, 3.05) is 37.4 Å². The molecule has 2 aromatic carbocycles. The van der Waals surface area contributed by atoms with Gasteiger partial charge in [0.1, 0.15) is 5.82 Å². The highest BCUT2D eigenvalue weighted by atomic mass is 127. The van der Waals surface area contributed by atoms with E-state index < -0.39 is 0 Å². The molecule has 1 heterocycles. The van der Waals surface area contributed by atoms with E-state index in [9.17, 15) is 0 Å². The number of hydrogen-bond acceptors (Lipinski definition) is 5. The minimum atomic E-state index is 0.457. The Bertz CT molecular complexity index is 998. The Morgan fingerprint density at radius 1 is 0.968 bits per heavy atom. The van der Waals surface area contributed by atoms with Gasteiger partial charge in [0.15, 0.2) is 0 Å². The van der Waals surface area contributed by atoms with E-state index in [1.54, 1.807) is 0 Å². The van der Waals surface area contributed by atoms with Crippen LogP contribution < -0.4 is 15.5 Å². The standard InChI is InChI=1S/C25H32IN5/c1-31(2)24-21-8-4-6-10-23(21)29-25(30-24)28-20-13-11-18(12-14-20)17-27-16-15-19-7-3-5-9-22(19)26/h3-10,18,20,27H,11-17H2,1-2H3,(H,28,29,30)/t18-,20+. The lowest BCUT2D eigenvalue weighted by atomic mass is 9.86. The molecular weight excluding hydrogens is 497 g/mol. The number of rotatable bonds is 8. The topological polar surface area (TPSA) is 53.1 Å². The highest BCUT2D eigenvalue weighted by Crippen LogP contribution is 2.28. The zero-order valence-electron chi connectivity index (χ0n) is 18.4. The number of hydrogen-bond donors (Lipinski definition) is 2. The smallest absolute Gasteiger partial charge is 0.225 e. The molecule has 1 fully saturated rings. The van der Waals surface area contributed by atoms with Crippen molar-refractivity contribution in [2.45, 2.75) is 38.1 Å². The third kappa shape index (κ3) is 5.86. The van der Waals surface area contributed by atoms with Gasteiger partial charge < -0.3 is 15.5 Å². The van der Waals surface area contributed by atoms with E-state index in [1.165, 1.54) is 34.8 Å². The quantitative estimate of drug-likeness (QED) is 0.314. The number of benzene rings is 2. The van der Waals surface area contributed by atoms with Crippen molar-refractivity contribution in [1.29, 1.82) is 0 Å². The normalized spacial score (nSPS) is 18.8. The van der Waals surface area contributed by atoms with E-state index in [1.807, 2.05) is 26.2 Å². The fourth-order valence-electron chi connectivity index (χ4n) is 4.39. The van der Waals surface area contributed by atoms with Crippen molar-refractivity contribution in [3.05, 3.63) is 57.7 Å². The van der Waals surface area contributed by atoms with Crippen LogP contribution in [0, 0.1) is 9.49 Å². The summed E-state index contributed by atoms with van der Waals surface area (Å²) in [5, 5.41) is 8.39. The Hall–Kier alpha value is -1.93. The van der Waals surface area contributed by atoms with E-state index in [-0.39, 0.29) is 0 Å². The van der Waals surface area contributed by atoms with Gasteiger partial charge in [0.2, 0.25) is 5.95 Å². The molecule has 0 spiro atoms. The molecule has 0 unspecified atom stereocenters. The Kier molecular flexibility index (Phi) is 7.61. The number of anilines is 2. The number of nitrogens with one attached hydrogen (secondary N) is 2. The molecule has 1 aliphatic carbocycles. The maximum atomic E-state index is 4.80. The largest absolute Gasteiger partial charge is 0.362 e. The van der Waals surface area contributed by atoms with Crippen LogP contribution in [0.2, 0.25) is 0 Å². The van der Waals surface area contributed by atoms with Crippen LogP contribution in [0.3, 0.4) is 0 Å². The summed E-state index contributed by atoms with van der Waals surface area (Å²) < 4.78 is 1.36. The molecule has 0 radical (unpaired) electrons. The second-order valence-corrected chi connectivity index (χ2v) is 9.85. The molecule has 1 aromatic heterocycles. The average Bonchev–Trinajstić information content (AvgIpc) is 2.78. The van der Waals surface area contributed by atoms with Crippen molar-refractivity contribution in [3.8, 4) is 0 Å². The van der Waals surface area contributed by atoms with Gasteiger partial charge in [0.25, 0.3) is 0 Å². The molecule has 6 heteroatoms. The zero-order valence-corrected chi connectivity index (χ0v) is 20.6. The van der Waals surface area contributed by atoms with Gasteiger partial charge in [0.05, 0.1) is 5.52 Å². The molecule has 1 aliphatic rings. The third-order valence-corrected chi connectivity index (χ3v) is 7.20. The molecule has 0 bridgehead atoms. The van der Waals surface area contributed by atoms with E-state index >= 15 is 0 Å². The minimum absolute atomic E-state index is 0.457. The summed E-state index contributed by atoms with van der Waals surface area (Å²) in [4.78, 5) is 11.6. The van der Waals surface area contributed by atoms with Crippen LogP contribution in [-0.2, 0) is 6.42 Å². The van der Waals surface area contributed by atoms with E-state index in [0.29, 0.717) is 6.04 Å². The Morgan fingerprint density at radius 2 is 1.71 bits per heavy atom. The molecule has 1 saturated carbocycles. The lowest BCUT2D eigenvalue weighted by molar-refractivity contribution is 0.325. The number of fused-ring (bicyclic) bond motifs is 1. The van der Waals surface area contributed by atoms with Gasteiger partial charge in [-0.15, -0.1) is 0 Å². The molecule has 2 N–H and O–H groups in total. The van der Waals surface area contributed by atoms with Crippen LogP contribution in [0.5, 0.6) is 0 Å². The van der Waals surface area contributed by atoms with Crippen molar-refractivity contribution >= 4 is 45.3 Å². The van der Waals surface area contributed by atoms with Crippen molar-refractivity contribution in [2.24, 2.45) is 5.92 Å². The average molecular weight is 529 g/mol. The Balaban J connectivity index is 1.25. The minimum Gasteiger partial charge on any atom is -0.362 e. The number of halogens is 1. The Morgan fingerprint density at radius 3 is 2.48 bits per heavy atom. The molecule has 164 valence electrons. The van der Waals surface area contributed by atoms with Crippen LogP contribution in [0.15, 0.2) is 48.5 Å². The number of aromatic nitrogens is 2. The zero-order chi connectivity index (χ0) is 21.6. The number of nitrogens with zero attached hydrogens (tertiary/aromatic N) is 3. The summed E-state index contributed by atoms with van der Waals surface area (Å²) in [6.07, 6.45) is 5.96. The van der Waals surface area contributed by atoms with E-state index in [4.69, 9.17) is 9.97 Å². The second kappa shape index (κ2) is 10.6. The summed E-state index contributed by atoms with van der Waals surface area (Å²) in [6, 6.07) is 17.3. The van der Waals surface area contributed by atoms with Crippen molar-refractivity contribution < 1.29 is 0 Å². The maximum Gasteiger partial charge on any atom is 0.225 e. The maximum absolute atomic E-state index is 4.80. The van der Waals surface area contributed by atoms with Gasteiger partial charge in [-0.1, -0.05) is 30.3 Å². The molecule has 0 atom stereocenters. The van der Waals surface area contributed by atoms with Crippen molar-refractivity contribution in [3.63, 3.8) is 0 Å². The van der Waals surface area contributed by atoms with E-state index in [0.717, 1.165) is 48.1 Å². The third-order valence-electron chi connectivity index (χ3n) is 6.15.